The Bertz CT molecular complexity index is 180. The largest absolute Gasteiger partial charge is 0.501 e. The molecule has 1 heterocycles. The summed E-state index contributed by atoms with van der Waals surface area (Å²) in [4.78, 5) is 0. The van der Waals surface area contributed by atoms with Crippen molar-refractivity contribution in [1.29, 1.82) is 0 Å². The van der Waals surface area contributed by atoms with Crippen LogP contribution in [0.5, 0.6) is 0 Å². The van der Waals surface area contributed by atoms with E-state index in [0.29, 0.717) is 5.25 Å². The second-order valence-electron chi connectivity index (χ2n) is 3.66. The van der Waals surface area contributed by atoms with E-state index in [1.165, 1.54) is 5.57 Å². The van der Waals surface area contributed by atoms with Gasteiger partial charge in [0.05, 0.1) is 12.9 Å². The lowest BCUT2D eigenvalue weighted by molar-refractivity contribution is 0.222. The minimum Gasteiger partial charge on any atom is -0.501 e. The van der Waals surface area contributed by atoms with Gasteiger partial charge < -0.3 is 10.5 Å². The third-order valence-electron chi connectivity index (χ3n) is 2.05. The lowest BCUT2D eigenvalue weighted by Gasteiger charge is -2.20. The predicted molar refractivity (Wildman–Crippen MR) is 58.8 cm³/mol. The smallest absolute Gasteiger partial charge is 0.0876 e. The molecule has 0 fully saturated rings. The molecule has 1 aliphatic heterocycles. The normalized spacial score (nSPS) is 19.5. The number of ether oxygens (including phenoxy) is 1. The molecule has 0 aromatic carbocycles. The summed E-state index contributed by atoms with van der Waals surface area (Å²) in [5.74, 6) is 1.01. The fourth-order valence-electron chi connectivity index (χ4n) is 1.26. The number of thioether (sulfide) groups is 1. The van der Waals surface area contributed by atoms with Crippen molar-refractivity contribution in [2.45, 2.75) is 38.0 Å². The van der Waals surface area contributed by atoms with E-state index in [2.05, 4.69) is 13.8 Å². The first-order valence-corrected chi connectivity index (χ1v) is 5.92. The first kappa shape index (κ1) is 10.9. The Hall–Kier alpha value is -0.150. The average molecular weight is 201 g/mol. The Labute approximate surface area is 84.9 Å². The van der Waals surface area contributed by atoms with Crippen LogP contribution in [-0.4, -0.2) is 23.7 Å². The van der Waals surface area contributed by atoms with Crippen LogP contribution in [0.3, 0.4) is 0 Å². The number of nitrogens with two attached hydrogens (primary N) is 1. The highest BCUT2D eigenvalue weighted by Gasteiger charge is 2.13. The quantitative estimate of drug-likeness (QED) is 0.757. The fourth-order valence-corrected chi connectivity index (χ4v) is 2.07. The maximum atomic E-state index is 6.03. The Morgan fingerprint density at radius 3 is 2.92 bits per heavy atom. The fraction of sp³-hybridized carbons (Fsp3) is 0.800. The van der Waals surface area contributed by atoms with E-state index in [-0.39, 0.29) is 6.04 Å². The molecule has 0 amide bonds. The summed E-state index contributed by atoms with van der Waals surface area (Å²) in [6, 6.07) is 0.188. The molecule has 2 nitrogen and oxygen atoms in total. The van der Waals surface area contributed by atoms with Gasteiger partial charge in [0, 0.05) is 11.8 Å². The Morgan fingerprint density at radius 2 is 2.38 bits per heavy atom. The van der Waals surface area contributed by atoms with Crippen molar-refractivity contribution in [1.82, 2.24) is 0 Å². The lowest BCUT2D eigenvalue weighted by atomic mass is 10.0. The first-order valence-electron chi connectivity index (χ1n) is 4.88. The van der Waals surface area contributed by atoms with Gasteiger partial charge in [0.1, 0.15) is 0 Å². The van der Waals surface area contributed by atoms with Crippen LogP contribution in [0.1, 0.15) is 26.7 Å². The van der Waals surface area contributed by atoms with Gasteiger partial charge in [0.25, 0.3) is 0 Å². The van der Waals surface area contributed by atoms with E-state index in [1.54, 1.807) is 0 Å². The second kappa shape index (κ2) is 5.55. The van der Waals surface area contributed by atoms with Crippen molar-refractivity contribution in [3.8, 4) is 0 Å². The highest BCUT2D eigenvalue weighted by molar-refractivity contribution is 7.99. The Morgan fingerprint density at radius 1 is 1.62 bits per heavy atom. The third-order valence-corrected chi connectivity index (χ3v) is 3.27. The SMILES string of the molecule is CC(C)SCC(N)C1=COCCC1. The van der Waals surface area contributed by atoms with Crippen molar-refractivity contribution in [2.24, 2.45) is 5.73 Å². The van der Waals surface area contributed by atoms with Crippen LogP contribution in [0.25, 0.3) is 0 Å². The van der Waals surface area contributed by atoms with Gasteiger partial charge in [-0.2, -0.15) is 11.8 Å². The molecule has 0 aliphatic carbocycles. The van der Waals surface area contributed by atoms with Gasteiger partial charge in [-0.25, -0.2) is 0 Å². The van der Waals surface area contributed by atoms with Crippen molar-refractivity contribution < 1.29 is 4.74 Å². The van der Waals surface area contributed by atoms with E-state index in [4.69, 9.17) is 10.5 Å². The third kappa shape index (κ3) is 4.05. The maximum Gasteiger partial charge on any atom is 0.0876 e. The standard InChI is InChI=1S/C10H19NOS/c1-8(2)13-7-10(11)9-4-3-5-12-6-9/h6,8,10H,3-5,7,11H2,1-2H3. The molecule has 76 valence electrons. The Kier molecular flexibility index (Phi) is 4.67. The van der Waals surface area contributed by atoms with Crippen molar-refractivity contribution in [3.63, 3.8) is 0 Å². The van der Waals surface area contributed by atoms with Crippen LogP contribution in [0.4, 0.5) is 0 Å². The Balaban J connectivity index is 2.29. The molecular weight excluding hydrogens is 182 g/mol. The molecule has 1 atom stereocenters. The summed E-state index contributed by atoms with van der Waals surface area (Å²) in [6.07, 6.45) is 4.08. The molecule has 1 aliphatic rings. The number of hydrogen-bond acceptors (Lipinski definition) is 3. The summed E-state index contributed by atoms with van der Waals surface area (Å²) < 4.78 is 5.26. The minimum atomic E-state index is 0.188. The van der Waals surface area contributed by atoms with Crippen LogP contribution in [0.15, 0.2) is 11.8 Å². The van der Waals surface area contributed by atoms with E-state index in [1.807, 2.05) is 18.0 Å². The van der Waals surface area contributed by atoms with Gasteiger partial charge in [-0.1, -0.05) is 13.8 Å². The van der Waals surface area contributed by atoms with E-state index < -0.39 is 0 Å². The van der Waals surface area contributed by atoms with Gasteiger partial charge in [-0.15, -0.1) is 0 Å². The molecule has 0 aromatic heterocycles. The molecule has 0 saturated carbocycles. The summed E-state index contributed by atoms with van der Waals surface area (Å²) in [7, 11) is 0. The minimum absolute atomic E-state index is 0.188. The van der Waals surface area contributed by atoms with Gasteiger partial charge in [-0.3, -0.25) is 0 Å². The van der Waals surface area contributed by atoms with E-state index >= 15 is 0 Å². The van der Waals surface area contributed by atoms with Crippen molar-refractivity contribution in [3.05, 3.63) is 11.8 Å². The monoisotopic (exact) mass is 201 g/mol. The molecule has 0 bridgehead atoms. The van der Waals surface area contributed by atoms with E-state index in [9.17, 15) is 0 Å². The zero-order chi connectivity index (χ0) is 9.68. The number of hydrogen-bond donors (Lipinski definition) is 1. The van der Waals surface area contributed by atoms with Gasteiger partial charge in [0.2, 0.25) is 0 Å². The highest BCUT2D eigenvalue weighted by atomic mass is 32.2. The topological polar surface area (TPSA) is 35.2 Å². The van der Waals surface area contributed by atoms with E-state index in [0.717, 1.165) is 25.2 Å². The zero-order valence-electron chi connectivity index (χ0n) is 8.45. The average Bonchev–Trinajstić information content (AvgIpc) is 2.15. The zero-order valence-corrected chi connectivity index (χ0v) is 9.27. The maximum absolute atomic E-state index is 6.03. The summed E-state index contributed by atoms with van der Waals surface area (Å²) >= 11 is 1.91. The van der Waals surface area contributed by atoms with Crippen LogP contribution in [0.2, 0.25) is 0 Å². The molecule has 1 rings (SSSR count). The summed E-state index contributed by atoms with van der Waals surface area (Å²) in [5.41, 5.74) is 7.30. The van der Waals surface area contributed by atoms with Crippen molar-refractivity contribution in [2.75, 3.05) is 12.4 Å². The van der Waals surface area contributed by atoms with Crippen molar-refractivity contribution >= 4 is 11.8 Å². The molecule has 0 saturated heterocycles. The van der Waals surface area contributed by atoms with Gasteiger partial charge >= 0.3 is 0 Å². The molecule has 2 N–H and O–H groups in total. The summed E-state index contributed by atoms with van der Waals surface area (Å²) in [5, 5.41) is 0.663. The summed E-state index contributed by atoms with van der Waals surface area (Å²) in [6.45, 7) is 5.25. The van der Waals surface area contributed by atoms with Crippen LogP contribution in [0, 0.1) is 0 Å². The lowest BCUT2D eigenvalue weighted by Crippen LogP contribution is -2.27. The number of rotatable bonds is 4. The highest BCUT2D eigenvalue weighted by Crippen LogP contribution is 2.19. The molecule has 0 radical (unpaired) electrons. The second-order valence-corrected chi connectivity index (χ2v) is 5.27. The molecule has 0 spiro atoms. The molecular formula is C10H19NOS. The van der Waals surface area contributed by atoms with Crippen LogP contribution < -0.4 is 5.73 Å². The van der Waals surface area contributed by atoms with Gasteiger partial charge in [-0.05, 0) is 23.7 Å². The molecule has 3 heteroatoms. The first-order chi connectivity index (χ1) is 6.20. The molecule has 13 heavy (non-hydrogen) atoms. The van der Waals surface area contributed by atoms with Crippen LogP contribution >= 0.6 is 11.8 Å². The molecule has 1 unspecified atom stereocenters. The molecule has 0 aromatic rings. The predicted octanol–water partition coefficient (Wildman–Crippen LogP) is 2.15. The van der Waals surface area contributed by atoms with Crippen LogP contribution in [-0.2, 0) is 4.74 Å². The van der Waals surface area contributed by atoms with Gasteiger partial charge in [0.15, 0.2) is 0 Å².